The summed E-state index contributed by atoms with van der Waals surface area (Å²) in [7, 11) is 1.74. The molecule has 1 amide bonds. The Hall–Kier alpha value is -2.31. The fourth-order valence-corrected chi connectivity index (χ4v) is 2.60. The molecule has 1 aliphatic carbocycles. The summed E-state index contributed by atoms with van der Waals surface area (Å²) in [6.07, 6.45) is 2.50. The molecule has 3 rings (SSSR count). The number of aryl methyl sites for hydroxylation is 1. The van der Waals surface area contributed by atoms with Gasteiger partial charge in [-0.2, -0.15) is 5.10 Å². The van der Waals surface area contributed by atoms with Gasteiger partial charge in [-0.1, -0.05) is 0 Å². The molecule has 1 N–H and O–H groups in total. The minimum atomic E-state index is -1.61. The molecule has 0 radical (unpaired) electrons. The number of anilines is 1. The van der Waals surface area contributed by atoms with Gasteiger partial charge in [0.15, 0.2) is 23.1 Å². The van der Waals surface area contributed by atoms with Gasteiger partial charge >= 0.3 is 0 Å². The molecule has 7 heteroatoms. The van der Waals surface area contributed by atoms with Gasteiger partial charge in [-0.25, -0.2) is 13.2 Å². The Kier molecular flexibility index (Phi) is 3.19. The van der Waals surface area contributed by atoms with Crippen molar-refractivity contribution >= 4 is 11.6 Å². The monoisotopic (exact) mass is 295 g/mol. The van der Waals surface area contributed by atoms with Crippen LogP contribution in [0.4, 0.5) is 18.9 Å². The van der Waals surface area contributed by atoms with Crippen LogP contribution < -0.4 is 5.32 Å². The molecule has 0 atom stereocenters. The fraction of sp³-hybridized carbons (Fsp3) is 0.286. The molecule has 1 aliphatic rings. The molecule has 0 saturated carbocycles. The first kappa shape index (κ1) is 13.7. The molecular weight excluding hydrogens is 283 g/mol. The van der Waals surface area contributed by atoms with Crippen LogP contribution in [0.1, 0.15) is 28.2 Å². The number of nitrogens with one attached hydrogen (secondary N) is 1. The molecule has 21 heavy (non-hydrogen) atoms. The van der Waals surface area contributed by atoms with Gasteiger partial charge < -0.3 is 5.32 Å². The Morgan fingerprint density at radius 1 is 1.24 bits per heavy atom. The van der Waals surface area contributed by atoms with Gasteiger partial charge in [-0.05, 0) is 31.4 Å². The van der Waals surface area contributed by atoms with Gasteiger partial charge in [-0.15, -0.1) is 0 Å². The summed E-state index contributed by atoms with van der Waals surface area (Å²) in [6.45, 7) is 0. The maximum absolute atomic E-state index is 13.6. The molecule has 0 spiro atoms. The van der Waals surface area contributed by atoms with E-state index in [-0.39, 0.29) is 5.69 Å². The standard InChI is InChI=1S/C14H12F3N3O/c1-20-10-4-2-3-7(10)13(19-20)14(21)18-9-6-5-8(15)11(16)12(9)17/h5-6H,2-4H2,1H3,(H,18,21). The van der Waals surface area contributed by atoms with Crippen molar-refractivity contribution in [2.24, 2.45) is 7.05 Å². The number of aromatic nitrogens is 2. The molecule has 0 fully saturated rings. The van der Waals surface area contributed by atoms with Crippen LogP contribution in [-0.4, -0.2) is 15.7 Å². The normalized spacial score (nSPS) is 13.3. The van der Waals surface area contributed by atoms with E-state index in [2.05, 4.69) is 10.4 Å². The van der Waals surface area contributed by atoms with E-state index >= 15 is 0 Å². The second kappa shape index (κ2) is 4.91. The lowest BCUT2D eigenvalue weighted by Crippen LogP contribution is -2.16. The van der Waals surface area contributed by atoms with Gasteiger partial charge in [0.25, 0.3) is 5.91 Å². The van der Waals surface area contributed by atoms with E-state index in [4.69, 9.17) is 0 Å². The second-order valence-corrected chi connectivity index (χ2v) is 4.93. The van der Waals surface area contributed by atoms with E-state index in [0.29, 0.717) is 0 Å². The Balaban J connectivity index is 1.91. The van der Waals surface area contributed by atoms with Crippen LogP contribution in [0.5, 0.6) is 0 Å². The van der Waals surface area contributed by atoms with Crippen molar-refractivity contribution in [3.05, 3.63) is 46.5 Å². The molecule has 1 heterocycles. The molecule has 0 saturated heterocycles. The number of carbonyl (C=O) groups excluding carboxylic acids is 1. The molecule has 1 aromatic carbocycles. The highest BCUT2D eigenvalue weighted by Crippen LogP contribution is 2.26. The molecule has 0 aliphatic heterocycles. The quantitative estimate of drug-likeness (QED) is 0.866. The van der Waals surface area contributed by atoms with Crippen LogP contribution >= 0.6 is 0 Å². The van der Waals surface area contributed by atoms with Gasteiger partial charge in [-0.3, -0.25) is 9.48 Å². The number of nitrogens with zero attached hydrogens (tertiary/aromatic N) is 2. The maximum atomic E-state index is 13.6. The Labute approximate surface area is 118 Å². The lowest BCUT2D eigenvalue weighted by atomic mass is 10.2. The fourth-order valence-electron chi connectivity index (χ4n) is 2.60. The number of halogens is 3. The average molecular weight is 295 g/mol. The molecule has 4 nitrogen and oxygen atoms in total. The predicted molar refractivity (Wildman–Crippen MR) is 69.5 cm³/mol. The summed E-state index contributed by atoms with van der Waals surface area (Å²) in [5.74, 6) is -4.96. The first-order valence-electron chi connectivity index (χ1n) is 6.48. The maximum Gasteiger partial charge on any atom is 0.276 e. The SMILES string of the molecule is Cn1nc(C(=O)Nc2ccc(F)c(F)c2F)c2c1CCC2. The van der Waals surface area contributed by atoms with Crippen LogP contribution in [0.25, 0.3) is 0 Å². The third-order valence-electron chi connectivity index (χ3n) is 3.61. The molecule has 0 bridgehead atoms. The second-order valence-electron chi connectivity index (χ2n) is 4.93. The number of fused-ring (bicyclic) bond motifs is 1. The Morgan fingerprint density at radius 2 is 2.00 bits per heavy atom. The van der Waals surface area contributed by atoms with Crippen molar-refractivity contribution < 1.29 is 18.0 Å². The molecular formula is C14H12F3N3O. The first-order valence-corrected chi connectivity index (χ1v) is 6.48. The Morgan fingerprint density at radius 3 is 2.76 bits per heavy atom. The van der Waals surface area contributed by atoms with Crippen molar-refractivity contribution in [2.45, 2.75) is 19.3 Å². The predicted octanol–water partition coefficient (Wildman–Crippen LogP) is 2.58. The van der Waals surface area contributed by atoms with E-state index in [1.807, 2.05) is 0 Å². The third-order valence-corrected chi connectivity index (χ3v) is 3.61. The van der Waals surface area contributed by atoms with Crippen molar-refractivity contribution in [1.29, 1.82) is 0 Å². The number of carbonyl (C=O) groups is 1. The zero-order valence-electron chi connectivity index (χ0n) is 11.2. The van der Waals surface area contributed by atoms with E-state index in [1.54, 1.807) is 11.7 Å². The van der Waals surface area contributed by atoms with Crippen molar-refractivity contribution in [1.82, 2.24) is 9.78 Å². The van der Waals surface area contributed by atoms with Gasteiger partial charge in [0, 0.05) is 18.3 Å². The minimum Gasteiger partial charge on any atom is -0.318 e. The number of benzene rings is 1. The number of amides is 1. The number of rotatable bonds is 2. The summed E-state index contributed by atoms with van der Waals surface area (Å²) in [5.41, 5.74) is 1.61. The van der Waals surface area contributed by atoms with Crippen LogP contribution in [0.2, 0.25) is 0 Å². The highest BCUT2D eigenvalue weighted by Gasteiger charge is 2.26. The highest BCUT2D eigenvalue weighted by atomic mass is 19.2. The lowest BCUT2D eigenvalue weighted by molar-refractivity contribution is 0.102. The topological polar surface area (TPSA) is 46.9 Å². The summed E-state index contributed by atoms with van der Waals surface area (Å²) >= 11 is 0. The van der Waals surface area contributed by atoms with Gasteiger partial charge in [0.2, 0.25) is 0 Å². The van der Waals surface area contributed by atoms with E-state index in [0.717, 1.165) is 42.7 Å². The molecule has 110 valence electrons. The molecule has 1 aromatic heterocycles. The number of hydrogen-bond acceptors (Lipinski definition) is 2. The van der Waals surface area contributed by atoms with Crippen molar-refractivity contribution in [2.75, 3.05) is 5.32 Å². The van der Waals surface area contributed by atoms with Gasteiger partial charge in [0.1, 0.15) is 0 Å². The molecule has 0 unspecified atom stereocenters. The lowest BCUT2D eigenvalue weighted by Gasteiger charge is -2.06. The smallest absolute Gasteiger partial charge is 0.276 e. The summed E-state index contributed by atoms with van der Waals surface area (Å²) < 4.78 is 41.2. The minimum absolute atomic E-state index is 0.203. The van der Waals surface area contributed by atoms with Crippen LogP contribution in [0.3, 0.4) is 0 Å². The first-order chi connectivity index (χ1) is 9.99. The van der Waals surface area contributed by atoms with Gasteiger partial charge in [0.05, 0.1) is 5.69 Å². The summed E-state index contributed by atoms with van der Waals surface area (Å²) in [5, 5.41) is 6.35. The van der Waals surface area contributed by atoms with Crippen LogP contribution in [-0.2, 0) is 19.9 Å². The van der Waals surface area contributed by atoms with E-state index < -0.39 is 29.0 Å². The van der Waals surface area contributed by atoms with E-state index in [1.165, 1.54) is 0 Å². The third kappa shape index (κ3) is 2.18. The Bertz CT molecular complexity index is 740. The summed E-state index contributed by atoms with van der Waals surface area (Å²) in [6, 6.07) is 1.74. The van der Waals surface area contributed by atoms with Crippen LogP contribution in [0.15, 0.2) is 12.1 Å². The largest absolute Gasteiger partial charge is 0.318 e. The van der Waals surface area contributed by atoms with Crippen molar-refractivity contribution in [3.8, 4) is 0 Å². The highest BCUT2D eigenvalue weighted by molar-refractivity contribution is 6.04. The average Bonchev–Trinajstić information content (AvgIpc) is 3.04. The summed E-state index contributed by atoms with van der Waals surface area (Å²) in [4.78, 5) is 12.2. The molecule has 2 aromatic rings. The van der Waals surface area contributed by atoms with Crippen LogP contribution in [0, 0.1) is 17.5 Å². The zero-order chi connectivity index (χ0) is 15.1. The van der Waals surface area contributed by atoms with Crippen molar-refractivity contribution in [3.63, 3.8) is 0 Å². The number of hydrogen-bond donors (Lipinski definition) is 1. The zero-order valence-corrected chi connectivity index (χ0v) is 11.2. The van der Waals surface area contributed by atoms with E-state index in [9.17, 15) is 18.0 Å².